The number of likely N-dealkylation sites (N-methyl/N-ethyl adjacent to an activating group) is 1. The minimum atomic E-state index is -1.61. The number of hydrogen-bond acceptors (Lipinski definition) is 15. The van der Waals surface area contributed by atoms with Crippen molar-refractivity contribution in [1.82, 2.24) is 5.32 Å². The van der Waals surface area contributed by atoms with E-state index in [2.05, 4.69) is 10.3 Å². The number of guanidine groups is 1. The number of aliphatic imine (C=N–C) groups is 1. The van der Waals surface area contributed by atoms with Crippen LogP contribution in [0.1, 0.15) is 19.3 Å². The van der Waals surface area contributed by atoms with Gasteiger partial charge in [-0.25, -0.2) is 4.99 Å². The number of aliphatic hydroxyl groups excluding tert-OH is 5. The molecule has 16 atom stereocenters. The van der Waals surface area contributed by atoms with Gasteiger partial charge in [0, 0.05) is 12.1 Å². The fraction of sp³-hybridized carbons (Fsp3) is 0.955. The summed E-state index contributed by atoms with van der Waals surface area (Å²) in [5.41, 5.74) is 29.2. The number of nitrogens with zero attached hydrogens (tertiary/aromatic N) is 1. The predicted molar refractivity (Wildman–Crippen MR) is 133 cm³/mol. The highest BCUT2D eigenvalue weighted by molar-refractivity contribution is 5.76. The molecule has 8 unspecified atom stereocenters. The van der Waals surface area contributed by atoms with Gasteiger partial charge in [-0.2, -0.15) is 0 Å². The van der Waals surface area contributed by atoms with E-state index in [0.717, 1.165) is 0 Å². The topological polar surface area (TPSA) is 302 Å². The Bertz CT molecular complexity index is 827. The van der Waals surface area contributed by atoms with E-state index in [1.54, 1.807) is 7.05 Å². The molecule has 17 heteroatoms. The second kappa shape index (κ2) is 12.7. The van der Waals surface area contributed by atoms with Crippen LogP contribution >= 0.6 is 0 Å². The minimum absolute atomic E-state index is 0.197. The number of ether oxygens (including phenoxy) is 5. The van der Waals surface area contributed by atoms with Crippen molar-refractivity contribution in [3.05, 3.63) is 0 Å². The first kappa shape index (κ1) is 30.7. The molecule has 0 spiro atoms. The molecule has 4 fully saturated rings. The highest BCUT2D eigenvalue weighted by atomic mass is 16.8. The number of aliphatic hydroxyl groups is 5. The highest BCUT2D eigenvalue weighted by Crippen LogP contribution is 2.35. The Balaban J connectivity index is 1.43. The maximum absolute atomic E-state index is 11.2. The molecule has 3 saturated heterocycles. The van der Waals surface area contributed by atoms with Crippen LogP contribution in [-0.2, 0) is 23.7 Å². The van der Waals surface area contributed by atoms with Gasteiger partial charge in [-0.15, -0.1) is 0 Å². The second-order valence-electron chi connectivity index (χ2n) is 10.7. The molecule has 0 amide bonds. The molecule has 17 nitrogen and oxygen atoms in total. The van der Waals surface area contributed by atoms with E-state index in [1.807, 2.05) is 0 Å². The van der Waals surface area contributed by atoms with Crippen LogP contribution in [0, 0.1) is 0 Å². The summed E-state index contributed by atoms with van der Waals surface area (Å²) in [5, 5.41) is 55.5. The van der Waals surface area contributed by atoms with Gasteiger partial charge in [-0.05, 0) is 26.3 Å². The first-order valence-corrected chi connectivity index (χ1v) is 13.1. The normalized spacial score (nSPS) is 50.7. The lowest BCUT2D eigenvalue weighted by Gasteiger charge is -2.51. The zero-order chi connectivity index (χ0) is 28.6. The van der Waals surface area contributed by atoms with E-state index in [-0.39, 0.29) is 18.4 Å². The van der Waals surface area contributed by atoms with Crippen molar-refractivity contribution in [2.24, 2.45) is 33.7 Å². The Labute approximate surface area is 225 Å². The molecule has 0 aromatic heterocycles. The van der Waals surface area contributed by atoms with Crippen molar-refractivity contribution < 1.29 is 49.2 Å². The van der Waals surface area contributed by atoms with Crippen LogP contribution < -0.4 is 34.0 Å². The van der Waals surface area contributed by atoms with Crippen molar-refractivity contribution in [1.29, 1.82) is 0 Å². The van der Waals surface area contributed by atoms with Gasteiger partial charge in [0.15, 0.2) is 24.8 Å². The molecular formula is C22H43N7O10. The number of fused-ring (bicyclic) bond motifs is 1. The average Bonchev–Trinajstić information content (AvgIpc) is 2.86. The molecule has 4 aliphatic rings. The number of nitrogens with two attached hydrogens (primary N) is 5. The molecule has 3 aliphatic heterocycles. The molecule has 3 heterocycles. The van der Waals surface area contributed by atoms with E-state index in [9.17, 15) is 25.5 Å². The third kappa shape index (κ3) is 6.47. The standard InChI is InChI=1S/C22H43N7O10/c1-28-13-15(33)18-10(4-8(25)19(38-18)37-17-7(24)2-6(23)3-9(17)31)35-20(13)39-21-16(34)14(32)12(29-22(26)27)11(5-30)36-21/h6-21,28,30-34H,2-5,23-25H2,1H3,(H4,26,27,29)/t6-,7?,8?,9-,10+,11?,12-,13?,14+,15?,16?,17-,18?,19+,20?,21-/m1/s1. The maximum Gasteiger partial charge on any atom is 0.189 e. The van der Waals surface area contributed by atoms with Crippen molar-refractivity contribution in [2.75, 3.05) is 13.7 Å². The fourth-order valence-corrected chi connectivity index (χ4v) is 5.77. The maximum atomic E-state index is 11.2. The summed E-state index contributed by atoms with van der Waals surface area (Å²) in [5.74, 6) is -0.354. The molecule has 16 N–H and O–H groups in total. The summed E-state index contributed by atoms with van der Waals surface area (Å²) in [4.78, 5) is 3.83. The molecule has 226 valence electrons. The fourth-order valence-electron chi connectivity index (χ4n) is 5.77. The average molecular weight is 566 g/mol. The Morgan fingerprint density at radius 3 is 2.21 bits per heavy atom. The lowest BCUT2D eigenvalue weighted by atomic mass is 9.86. The van der Waals surface area contributed by atoms with Gasteiger partial charge in [0.2, 0.25) is 0 Å². The second-order valence-corrected chi connectivity index (χ2v) is 10.7. The van der Waals surface area contributed by atoms with Crippen molar-refractivity contribution in [3.8, 4) is 0 Å². The van der Waals surface area contributed by atoms with Crippen molar-refractivity contribution >= 4 is 5.96 Å². The molecule has 0 aromatic carbocycles. The first-order chi connectivity index (χ1) is 18.4. The summed E-state index contributed by atoms with van der Waals surface area (Å²) in [6, 6.07) is -3.46. The Morgan fingerprint density at radius 2 is 1.59 bits per heavy atom. The van der Waals surface area contributed by atoms with Crippen molar-refractivity contribution in [3.63, 3.8) is 0 Å². The van der Waals surface area contributed by atoms with Gasteiger partial charge in [0.1, 0.15) is 42.7 Å². The summed E-state index contributed by atoms with van der Waals surface area (Å²) >= 11 is 0. The third-order valence-electron chi connectivity index (χ3n) is 7.78. The van der Waals surface area contributed by atoms with Crippen LogP contribution in [0.4, 0.5) is 0 Å². The van der Waals surface area contributed by atoms with Gasteiger partial charge in [0.25, 0.3) is 0 Å². The Hall–Kier alpha value is -1.29. The molecule has 1 aliphatic carbocycles. The monoisotopic (exact) mass is 565 g/mol. The lowest BCUT2D eigenvalue weighted by molar-refractivity contribution is -0.372. The van der Waals surface area contributed by atoms with Crippen LogP contribution in [0.5, 0.6) is 0 Å². The van der Waals surface area contributed by atoms with Crippen molar-refractivity contribution in [2.45, 2.75) is 117 Å². The largest absolute Gasteiger partial charge is 0.394 e. The summed E-state index contributed by atoms with van der Waals surface area (Å²) in [6.45, 7) is -0.575. The Morgan fingerprint density at radius 1 is 0.872 bits per heavy atom. The van der Waals surface area contributed by atoms with Gasteiger partial charge < -0.3 is 83.2 Å². The number of hydrogen-bond donors (Lipinski definition) is 11. The number of rotatable bonds is 7. The van der Waals surface area contributed by atoms with Gasteiger partial charge in [0.05, 0.1) is 30.9 Å². The van der Waals surface area contributed by atoms with Gasteiger partial charge in [-0.1, -0.05) is 0 Å². The van der Waals surface area contributed by atoms with Gasteiger partial charge in [-0.3, -0.25) is 0 Å². The minimum Gasteiger partial charge on any atom is -0.394 e. The van der Waals surface area contributed by atoms with E-state index < -0.39 is 98.5 Å². The summed E-state index contributed by atoms with van der Waals surface area (Å²) < 4.78 is 29.6. The van der Waals surface area contributed by atoms with E-state index in [1.165, 1.54) is 0 Å². The third-order valence-corrected chi connectivity index (χ3v) is 7.78. The smallest absolute Gasteiger partial charge is 0.189 e. The quantitative estimate of drug-likeness (QED) is 0.101. The van der Waals surface area contributed by atoms with Crippen LogP contribution in [0.2, 0.25) is 0 Å². The van der Waals surface area contributed by atoms with Crippen LogP contribution in [0.3, 0.4) is 0 Å². The van der Waals surface area contributed by atoms with Crippen LogP contribution in [0.25, 0.3) is 0 Å². The predicted octanol–water partition coefficient (Wildman–Crippen LogP) is -6.61. The molecule has 0 bridgehead atoms. The SMILES string of the molecule is CNC1C(O[C@H]2OC(CO)[C@@H](N=C(N)N)[C@H](O)C2O)O[C@H]2CC(N)[C@@H](O[C@@H]3C(N)C[C@@H](N)C[C@H]3O)OC2C1O. The molecule has 39 heavy (non-hydrogen) atoms. The van der Waals surface area contributed by atoms with Crippen LogP contribution in [-0.4, -0.2) is 143 Å². The highest BCUT2D eigenvalue weighted by Gasteiger charge is 2.54. The van der Waals surface area contributed by atoms with E-state index in [4.69, 9.17) is 52.4 Å². The van der Waals surface area contributed by atoms with E-state index in [0.29, 0.717) is 12.8 Å². The van der Waals surface area contributed by atoms with Crippen LogP contribution in [0.15, 0.2) is 4.99 Å². The van der Waals surface area contributed by atoms with E-state index >= 15 is 0 Å². The van der Waals surface area contributed by atoms with Gasteiger partial charge >= 0.3 is 0 Å². The first-order valence-electron chi connectivity index (χ1n) is 13.1. The number of nitrogens with one attached hydrogen (secondary N) is 1. The Kier molecular flexibility index (Phi) is 9.99. The molecule has 0 radical (unpaired) electrons. The zero-order valence-corrected chi connectivity index (χ0v) is 21.7. The summed E-state index contributed by atoms with van der Waals surface area (Å²) in [6.07, 6.45) is -11.3. The molecular weight excluding hydrogens is 522 g/mol. The lowest BCUT2D eigenvalue weighted by Crippen LogP contribution is -2.69. The summed E-state index contributed by atoms with van der Waals surface area (Å²) in [7, 11) is 1.56. The molecule has 0 aromatic rings. The zero-order valence-electron chi connectivity index (χ0n) is 21.7. The molecule has 1 saturated carbocycles. The molecule has 4 rings (SSSR count).